The molecule has 0 aliphatic rings. The van der Waals surface area contributed by atoms with Crippen molar-refractivity contribution in [1.82, 2.24) is 4.72 Å². The monoisotopic (exact) mass is 331 g/mol. The Balaban J connectivity index is 1.89. The zero-order valence-electron chi connectivity index (χ0n) is 11.2. The first-order valence-electron chi connectivity index (χ1n) is 6.21. The lowest BCUT2D eigenvalue weighted by molar-refractivity contribution is 0.305. The lowest BCUT2D eigenvalue weighted by atomic mass is 10.3. The van der Waals surface area contributed by atoms with Gasteiger partial charge < -0.3 is 4.74 Å². The minimum absolute atomic E-state index is 0.0955. The summed E-state index contributed by atoms with van der Waals surface area (Å²) in [6.45, 7) is -0.278. The Hall–Kier alpha value is -2.06. The molecule has 8 heteroatoms. The standard InChI is InChI=1S/C14H12F3NO3S/c15-10-1-4-12(5-2-10)22(19,20)18-7-8-21-14-6-3-11(16)9-13(14)17/h1-6,9,18H,7-8H2. The molecule has 0 aromatic heterocycles. The van der Waals surface area contributed by atoms with Crippen LogP contribution in [0.3, 0.4) is 0 Å². The van der Waals surface area contributed by atoms with Gasteiger partial charge in [0.2, 0.25) is 10.0 Å². The molecule has 0 spiro atoms. The SMILES string of the molecule is O=S(=O)(NCCOc1ccc(F)cc1F)c1ccc(F)cc1. The Kier molecular flexibility index (Phi) is 5.04. The Bertz CT molecular complexity index is 748. The zero-order valence-corrected chi connectivity index (χ0v) is 12.0. The summed E-state index contributed by atoms with van der Waals surface area (Å²) < 4.78 is 69.7. The van der Waals surface area contributed by atoms with Crippen LogP contribution >= 0.6 is 0 Å². The van der Waals surface area contributed by atoms with Crippen LogP contribution in [0.25, 0.3) is 0 Å². The molecule has 0 radical (unpaired) electrons. The molecule has 2 aromatic carbocycles. The van der Waals surface area contributed by atoms with Gasteiger partial charge in [-0.25, -0.2) is 26.3 Å². The Labute approximate surface area is 125 Å². The van der Waals surface area contributed by atoms with E-state index in [0.29, 0.717) is 6.07 Å². The smallest absolute Gasteiger partial charge is 0.240 e. The van der Waals surface area contributed by atoms with E-state index in [2.05, 4.69) is 4.72 Å². The highest BCUT2D eigenvalue weighted by Gasteiger charge is 2.13. The van der Waals surface area contributed by atoms with Crippen LogP contribution in [0.15, 0.2) is 47.4 Å². The Morgan fingerprint density at radius 2 is 1.59 bits per heavy atom. The third kappa shape index (κ3) is 4.22. The van der Waals surface area contributed by atoms with Crippen molar-refractivity contribution in [3.05, 3.63) is 59.9 Å². The molecule has 0 aliphatic carbocycles. The molecule has 2 aromatic rings. The Morgan fingerprint density at radius 3 is 2.23 bits per heavy atom. The summed E-state index contributed by atoms with van der Waals surface area (Å²) in [7, 11) is -3.80. The molecule has 0 bridgehead atoms. The predicted octanol–water partition coefficient (Wildman–Crippen LogP) is 2.46. The van der Waals surface area contributed by atoms with Crippen LogP contribution in [0.2, 0.25) is 0 Å². The summed E-state index contributed by atoms with van der Waals surface area (Å²) in [5.41, 5.74) is 0. The summed E-state index contributed by atoms with van der Waals surface area (Å²) in [5, 5.41) is 0. The first kappa shape index (κ1) is 16.3. The van der Waals surface area contributed by atoms with E-state index in [1.165, 1.54) is 0 Å². The van der Waals surface area contributed by atoms with Gasteiger partial charge in [-0.2, -0.15) is 0 Å². The molecule has 1 N–H and O–H groups in total. The van der Waals surface area contributed by atoms with Gasteiger partial charge in [-0.3, -0.25) is 0 Å². The second kappa shape index (κ2) is 6.80. The van der Waals surface area contributed by atoms with Gasteiger partial charge in [0, 0.05) is 12.6 Å². The van der Waals surface area contributed by atoms with Crippen LogP contribution in [-0.2, 0) is 10.0 Å². The summed E-state index contributed by atoms with van der Waals surface area (Å²) in [5.74, 6) is -2.33. The van der Waals surface area contributed by atoms with Crippen LogP contribution in [0.4, 0.5) is 13.2 Å². The average molecular weight is 331 g/mol. The number of ether oxygens (including phenoxy) is 1. The summed E-state index contributed by atoms with van der Waals surface area (Å²) in [4.78, 5) is -0.0955. The van der Waals surface area contributed by atoms with Crippen LogP contribution < -0.4 is 9.46 Å². The largest absolute Gasteiger partial charge is 0.489 e. The van der Waals surface area contributed by atoms with Crippen molar-refractivity contribution >= 4 is 10.0 Å². The fraction of sp³-hybridized carbons (Fsp3) is 0.143. The molecular formula is C14H12F3NO3S. The van der Waals surface area contributed by atoms with Gasteiger partial charge in [-0.05, 0) is 36.4 Å². The quantitative estimate of drug-likeness (QED) is 0.828. The first-order chi connectivity index (χ1) is 10.4. The summed E-state index contributed by atoms with van der Waals surface area (Å²) >= 11 is 0. The molecule has 118 valence electrons. The zero-order chi connectivity index (χ0) is 16.2. The minimum atomic E-state index is -3.80. The maximum Gasteiger partial charge on any atom is 0.240 e. The molecular weight excluding hydrogens is 319 g/mol. The van der Waals surface area contributed by atoms with E-state index < -0.39 is 27.5 Å². The second-order valence-electron chi connectivity index (χ2n) is 4.27. The van der Waals surface area contributed by atoms with Crippen molar-refractivity contribution in [2.45, 2.75) is 4.90 Å². The number of benzene rings is 2. The van der Waals surface area contributed by atoms with E-state index in [9.17, 15) is 21.6 Å². The van der Waals surface area contributed by atoms with E-state index in [1.54, 1.807) is 0 Å². The van der Waals surface area contributed by atoms with Crippen LogP contribution in [0.1, 0.15) is 0 Å². The molecule has 22 heavy (non-hydrogen) atoms. The highest BCUT2D eigenvalue weighted by Crippen LogP contribution is 2.17. The van der Waals surface area contributed by atoms with Crippen molar-refractivity contribution in [3.63, 3.8) is 0 Å². The fourth-order valence-corrected chi connectivity index (χ4v) is 2.64. The predicted molar refractivity (Wildman–Crippen MR) is 73.4 cm³/mol. The van der Waals surface area contributed by atoms with E-state index in [4.69, 9.17) is 4.74 Å². The number of halogens is 3. The fourth-order valence-electron chi connectivity index (χ4n) is 1.63. The Morgan fingerprint density at radius 1 is 0.955 bits per heavy atom. The molecule has 0 aliphatic heterocycles. The molecule has 2 rings (SSSR count). The van der Waals surface area contributed by atoms with Gasteiger partial charge >= 0.3 is 0 Å². The van der Waals surface area contributed by atoms with Crippen molar-refractivity contribution in [2.75, 3.05) is 13.2 Å². The normalized spacial score (nSPS) is 11.4. The number of rotatable bonds is 6. The van der Waals surface area contributed by atoms with Crippen LogP contribution in [0.5, 0.6) is 5.75 Å². The third-order valence-electron chi connectivity index (χ3n) is 2.67. The van der Waals surface area contributed by atoms with E-state index in [1.807, 2.05) is 0 Å². The molecule has 4 nitrogen and oxygen atoms in total. The highest BCUT2D eigenvalue weighted by molar-refractivity contribution is 7.89. The molecule has 0 amide bonds. The molecule has 0 heterocycles. The lowest BCUT2D eigenvalue weighted by Gasteiger charge is -2.09. The van der Waals surface area contributed by atoms with E-state index >= 15 is 0 Å². The third-order valence-corrected chi connectivity index (χ3v) is 4.15. The summed E-state index contributed by atoms with van der Waals surface area (Å²) in [6, 6.07) is 7.10. The highest BCUT2D eigenvalue weighted by atomic mass is 32.2. The molecule has 0 saturated carbocycles. The van der Waals surface area contributed by atoms with Gasteiger partial charge in [-0.15, -0.1) is 0 Å². The molecule has 0 unspecified atom stereocenters. The van der Waals surface area contributed by atoms with Crippen LogP contribution in [-0.4, -0.2) is 21.6 Å². The number of hydrogen-bond donors (Lipinski definition) is 1. The number of nitrogens with one attached hydrogen (secondary N) is 1. The van der Waals surface area contributed by atoms with Gasteiger partial charge in [-0.1, -0.05) is 0 Å². The molecule has 0 fully saturated rings. The lowest BCUT2D eigenvalue weighted by Crippen LogP contribution is -2.28. The van der Waals surface area contributed by atoms with Crippen molar-refractivity contribution in [1.29, 1.82) is 0 Å². The summed E-state index contributed by atoms with van der Waals surface area (Å²) in [6.07, 6.45) is 0. The molecule has 0 atom stereocenters. The average Bonchev–Trinajstić information content (AvgIpc) is 2.46. The van der Waals surface area contributed by atoms with Gasteiger partial charge in [0.1, 0.15) is 18.2 Å². The number of hydrogen-bond acceptors (Lipinski definition) is 3. The van der Waals surface area contributed by atoms with Crippen LogP contribution in [0, 0.1) is 17.5 Å². The second-order valence-corrected chi connectivity index (χ2v) is 6.04. The van der Waals surface area contributed by atoms with Crippen molar-refractivity contribution in [3.8, 4) is 5.75 Å². The van der Waals surface area contributed by atoms with Gasteiger partial charge in [0.25, 0.3) is 0 Å². The van der Waals surface area contributed by atoms with Gasteiger partial charge in [0.05, 0.1) is 4.90 Å². The van der Waals surface area contributed by atoms with Gasteiger partial charge in [0.15, 0.2) is 11.6 Å². The first-order valence-corrected chi connectivity index (χ1v) is 7.70. The van der Waals surface area contributed by atoms with Crippen molar-refractivity contribution < 1.29 is 26.3 Å². The molecule has 0 saturated heterocycles. The van der Waals surface area contributed by atoms with E-state index in [0.717, 1.165) is 36.4 Å². The van der Waals surface area contributed by atoms with Crippen molar-refractivity contribution in [2.24, 2.45) is 0 Å². The minimum Gasteiger partial charge on any atom is -0.489 e. The van der Waals surface area contributed by atoms with E-state index in [-0.39, 0.29) is 23.8 Å². The maximum atomic E-state index is 13.3. The number of sulfonamides is 1. The topological polar surface area (TPSA) is 55.4 Å². The maximum absolute atomic E-state index is 13.3.